The molecule has 0 aliphatic heterocycles. The molecule has 10 rings (SSSR count). The Morgan fingerprint density at radius 3 is 1.83 bits per heavy atom. The van der Waals surface area contributed by atoms with Crippen LogP contribution in [0.15, 0.2) is 146 Å². The number of benzene rings is 7. The summed E-state index contributed by atoms with van der Waals surface area (Å²) < 4.78 is 0. The molecule has 0 unspecified atom stereocenters. The summed E-state index contributed by atoms with van der Waals surface area (Å²) in [5.41, 5.74) is 18.5. The topological polar surface area (TPSA) is 3.24 Å². The van der Waals surface area contributed by atoms with Crippen molar-refractivity contribution in [2.75, 3.05) is 4.90 Å². The van der Waals surface area contributed by atoms with E-state index < -0.39 is 0 Å². The van der Waals surface area contributed by atoms with Crippen LogP contribution in [0.3, 0.4) is 0 Å². The molecule has 260 valence electrons. The third kappa shape index (κ3) is 4.97. The second kappa shape index (κ2) is 12.1. The smallest absolute Gasteiger partial charge is 0.0546 e. The molecule has 1 heteroatoms. The highest BCUT2D eigenvalue weighted by Crippen LogP contribution is 2.54. The highest BCUT2D eigenvalue weighted by atomic mass is 15.1. The van der Waals surface area contributed by atoms with Crippen LogP contribution < -0.4 is 4.90 Å². The highest BCUT2D eigenvalue weighted by molar-refractivity contribution is 6.06. The van der Waals surface area contributed by atoms with Gasteiger partial charge in [0.25, 0.3) is 0 Å². The molecule has 0 spiro atoms. The van der Waals surface area contributed by atoms with Crippen LogP contribution in [0, 0.1) is 0 Å². The quantitative estimate of drug-likeness (QED) is 0.174. The lowest BCUT2D eigenvalue weighted by atomic mass is 9.82. The Kier molecular flexibility index (Phi) is 7.35. The molecule has 53 heavy (non-hydrogen) atoms. The molecular weight excluding hydrogens is 639 g/mol. The van der Waals surface area contributed by atoms with E-state index in [-0.39, 0.29) is 10.8 Å². The summed E-state index contributed by atoms with van der Waals surface area (Å²) in [5, 5.41) is 2.53. The standard InChI is InChI=1S/C52H47N/c1-51(2)46-21-13-11-19-42(46)44-32-37(24-30-47(44)51)50-40-17-9-8-16-36(40)25-31-49(50)53(38-26-22-35(23-27-38)34-14-6-5-7-15-34)39-28-29-43-41-18-10-12-20-45(41)52(3,4)48(43)33-39/h8-13,16-34H,5-7,14-15H2,1-4H3. The third-order valence-electron chi connectivity index (χ3n) is 13.1. The first-order chi connectivity index (χ1) is 25.8. The molecule has 0 heterocycles. The van der Waals surface area contributed by atoms with Gasteiger partial charge in [-0.05, 0) is 122 Å². The molecule has 1 nitrogen and oxygen atoms in total. The van der Waals surface area contributed by atoms with E-state index in [1.54, 1.807) is 0 Å². The van der Waals surface area contributed by atoms with Gasteiger partial charge in [-0.15, -0.1) is 0 Å². The molecule has 0 saturated heterocycles. The minimum atomic E-state index is -0.0924. The summed E-state index contributed by atoms with van der Waals surface area (Å²) in [6, 6.07) is 55.6. The molecule has 0 atom stereocenters. The fraction of sp³-hybridized carbons (Fsp3) is 0.231. The maximum atomic E-state index is 2.54. The zero-order valence-corrected chi connectivity index (χ0v) is 31.4. The van der Waals surface area contributed by atoms with Crippen molar-refractivity contribution < 1.29 is 0 Å². The molecular formula is C52H47N. The summed E-state index contributed by atoms with van der Waals surface area (Å²) in [5.74, 6) is 0.667. The van der Waals surface area contributed by atoms with Gasteiger partial charge >= 0.3 is 0 Å². The number of anilines is 3. The van der Waals surface area contributed by atoms with Gasteiger partial charge in [-0.2, -0.15) is 0 Å². The van der Waals surface area contributed by atoms with E-state index in [4.69, 9.17) is 0 Å². The van der Waals surface area contributed by atoms with Crippen LogP contribution >= 0.6 is 0 Å². The van der Waals surface area contributed by atoms with Gasteiger partial charge in [0, 0.05) is 27.8 Å². The second-order valence-corrected chi connectivity index (χ2v) is 16.8. The average Bonchev–Trinajstić information content (AvgIpc) is 3.57. The number of fused-ring (bicyclic) bond motifs is 7. The molecule has 7 aromatic rings. The minimum Gasteiger partial charge on any atom is -0.310 e. The molecule has 0 aromatic heterocycles. The van der Waals surface area contributed by atoms with Gasteiger partial charge in [0.15, 0.2) is 0 Å². The van der Waals surface area contributed by atoms with Crippen molar-refractivity contribution in [1.29, 1.82) is 0 Å². The second-order valence-electron chi connectivity index (χ2n) is 16.8. The summed E-state index contributed by atoms with van der Waals surface area (Å²) >= 11 is 0. The minimum absolute atomic E-state index is 0.0348. The van der Waals surface area contributed by atoms with Crippen molar-refractivity contribution in [3.05, 3.63) is 173 Å². The van der Waals surface area contributed by atoms with Crippen LogP contribution in [0.2, 0.25) is 0 Å². The van der Waals surface area contributed by atoms with Crippen molar-refractivity contribution in [2.45, 2.75) is 76.5 Å². The van der Waals surface area contributed by atoms with Crippen molar-refractivity contribution >= 4 is 27.8 Å². The van der Waals surface area contributed by atoms with E-state index in [9.17, 15) is 0 Å². The number of hydrogen-bond acceptors (Lipinski definition) is 1. The van der Waals surface area contributed by atoms with E-state index in [0.717, 1.165) is 0 Å². The van der Waals surface area contributed by atoms with Gasteiger partial charge in [0.1, 0.15) is 0 Å². The van der Waals surface area contributed by atoms with Crippen LogP contribution in [-0.2, 0) is 10.8 Å². The Labute approximate surface area is 315 Å². The summed E-state index contributed by atoms with van der Waals surface area (Å²) in [6.45, 7) is 9.51. The molecule has 0 N–H and O–H groups in total. The number of hydrogen-bond donors (Lipinski definition) is 0. The monoisotopic (exact) mass is 685 g/mol. The van der Waals surface area contributed by atoms with Gasteiger partial charge in [-0.1, -0.05) is 156 Å². The molecule has 0 amide bonds. The first-order valence-electron chi connectivity index (χ1n) is 19.7. The molecule has 1 fully saturated rings. The van der Waals surface area contributed by atoms with Crippen LogP contribution in [0.1, 0.15) is 93.5 Å². The van der Waals surface area contributed by atoms with Crippen LogP contribution in [0.5, 0.6) is 0 Å². The Morgan fingerprint density at radius 1 is 0.472 bits per heavy atom. The SMILES string of the molecule is CC1(C)c2ccccc2-c2cc(-c3c(N(c4ccc(C5CCCCC5)cc4)c4ccc5c(c4)C(C)(C)c4ccccc4-5)ccc4ccccc34)ccc21. The number of rotatable bonds is 5. The lowest BCUT2D eigenvalue weighted by Gasteiger charge is -2.31. The van der Waals surface area contributed by atoms with Crippen LogP contribution in [0.4, 0.5) is 17.1 Å². The molecule has 3 aliphatic rings. The normalized spacial score (nSPS) is 16.5. The van der Waals surface area contributed by atoms with Crippen LogP contribution in [0.25, 0.3) is 44.2 Å². The molecule has 0 radical (unpaired) electrons. The lowest BCUT2D eigenvalue weighted by Crippen LogP contribution is -2.17. The Balaban J connectivity index is 1.20. The molecule has 0 bridgehead atoms. The zero-order chi connectivity index (χ0) is 35.9. The van der Waals surface area contributed by atoms with E-state index in [2.05, 4.69) is 178 Å². The van der Waals surface area contributed by atoms with Crippen molar-refractivity contribution in [3.63, 3.8) is 0 Å². The molecule has 7 aromatic carbocycles. The van der Waals surface area contributed by atoms with Crippen molar-refractivity contribution in [3.8, 4) is 33.4 Å². The maximum absolute atomic E-state index is 2.54. The average molecular weight is 686 g/mol. The van der Waals surface area contributed by atoms with Gasteiger partial charge in [0.2, 0.25) is 0 Å². The first kappa shape index (κ1) is 32.3. The Bertz CT molecular complexity index is 2540. The Morgan fingerprint density at radius 2 is 1.08 bits per heavy atom. The van der Waals surface area contributed by atoms with Gasteiger partial charge in [-0.25, -0.2) is 0 Å². The lowest BCUT2D eigenvalue weighted by molar-refractivity contribution is 0.443. The van der Waals surface area contributed by atoms with Gasteiger partial charge < -0.3 is 4.90 Å². The zero-order valence-electron chi connectivity index (χ0n) is 31.4. The van der Waals surface area contributed by atoms with Gasteiger partial charge in [-0.3, -0.25) is 0 Å². The van der Waals surface area contributed by atoms with E-state index in [0.29, 0.717) is 5.92 Å². The predicted molar refractivity (Wildman–Crippen MR) is 225 cm³/mol. The summed E-state index contributed by atoms with van der Waals surface area (Å²) in [7, 11) is 0. The fourth-order valence-corrected chi connectivity index (χ4v) is 10.2. The van der Waals surface area contributed by atoms with Crippen molar-refractivity contribution in [1.82, 2.24) is 0 Å². The number of nitrogens with zero attached hydrogens (tertiary/aromatic N) is 1. The van der Waals surface area contributed by atoms with E-state index in [1.165, 1.54) is 121 Å². The Hall–Kier alpha value is -5.40. The summed E-state index contributed by atoms with van der Waals surface area (Å²) in [4.78, 5) is 2.54. The first-order valence-corrected chi connectivity index (χ1v) is 19.7. The third-order valence-corrected chi connectivity index (χ3v) is 13.1. The van der Waals surface area contributed by atoms with Crippen LogP contribution in [-0.4, -0.2) is 0 Å². The highest BCUT2D eigenvalue weighted by Gasteiger charge is 2.37. The molecule has 3 aliphatic carbocycles. The molecule has 1 saturated carbocycles. The summed E-state index contributed by atoms with van der Waals surface area (Å²) in [6.07, 6.45) is 6.66. The van der Waals surface area contributed by atoms with E-state index >= 15 is 0 Å². The fourth-order valence-electron chi connectivity index (χ4n) is 10.2. The van der Waals surface area contributed by atoms with Gasteiger partial charge in [0.05, 0.1) is 5.69 Å². The largest absolute Gasteiger partial charge is 0.310 e. The predicted octanol–water partition coefficient (Wildman–Crippen LogP) is 14.6. The van der Waals surface area contributed by atoms with E-state index in [1.807, 2.05) is 0 Å². The van der Waals surface area contributed by atoms with Crippen molar-refractivity contribution in [2.24, 2.45) is 0 Å². The maximum Gasteiger partial charge on any atom is 0.0546 e.